The molecule has 5 fully saturated rings. The van der Waals surface area contributed by atoms with Gasteiger partial charge in [-0.25, -0.2) is 0 Å². The van der Waals surface area contributed by atoms with Gasteiger partial charge in [-0.3, -0.25) is 0 Å². The van der Waals surface area contributed by atoms with E-state index in [9.17, 15) is 0 Å². The monoisotopic (exact) mass is 386 g/mol. The molecule has 4 aliphatic carbocycles. The largest absolute Gasteiger partial charge is 0.365 e. The third-order valence-corrected chi connectivity index (χ3v) is 11.3. The highest BCUT2D eigenvalue weighted by Crippen LogP contribution is 2.73. The highest BCUT2D eigenvalue weighted by Gasteiger charge is 2.73. The molecule has 1 spiro atoms. The zero-order valence-electron chi connectivity index (χ0n) is 19.4. The van der Waals surface area contributed by atoms with Gasteiger partial charge in [-0.1, -0.05) is 60.3 Å². The summed E-state index contributed by atoms with van der Waals surface area (Å²) in [5.41, 5.74) is 1.46. The minimum atomic E-state index is 0.322. The van der Waals surface area contributed by atoms with Crippen LogP contribution in [0.2, 0.25) is 0 Å². The SMILES string of the molecule is CC(C)CCC[C@H](C)[C@@H]1CC[C@@H]2[C@@H]3CC[C@@]45O[C@@H]4CCC[C@]5(C)[C@@H]3CC[C@@]21C. The average Bonchev–Trinajstić information content (AvgIpc) is 3.26. The van der Waals surface area contributed by atoms with E-state index in [1.807, 2.05) is 0 Å². The summed E-state index contributed by atoms with van der Waals surface area (Å²) in [5, 5.41) is 0. The molecular formula is C27H46O. The first-order chi connectivity index (χ1) is 13.3. The number of epoxide rings is 1. The quantitative estimate of drug-likeness (QED) is 0.442. The van der Waals surface area contributed by atoms with Gasteiger partial charge in [0.2, 0.25) is 0 Å². The molecule has 1 heteroatoms. The lowest BCUT2D eigenvalue weighted by molar-refractivity contribution is -0.115. The summed E-state index contributed by atoms with van der Waals surface area (Å²) in [6.45, 7) is 12.8. The molecule has 1 nitrogen and oxygen atoms in total. The molecule has 28 heavy (non-hydrogen) atoms. The maximum Gasteiger partial charge on any atom is 0.100 e. The molecule has 160 valence electrons. The van der Waals surface area contributed by atoms with Crippen LogP contribution in [0.15, 0.2) is 0 Å². The lowest BCUT2D eigenvalue weighted by Gasteiger charge is -2.60. The van der Waals surface area contributed by atoms with Crippen molar-refractivity contribution in [2.24, 2.45) is 46.3 Å². The fourth-order valence-corrected chi connectivity index (χ4v) is 9.77. The molecule has 5 rings (SSSR count). The van der Waals surface area contributed by atoms with Crippen molar-refractivity contribution in [2.75, 3.05) is 0 Å². The highest BCUT2D eigenvalue weighted by molar-refractivity contribution is 5.22. The highest BCUT2D eigenvalue weighted by atomic mass is 16.6. The van der Waals surface area contributed by atoms with Gasteiger partial charge in [0.1, 0.15) is 5.60 Å². The molecule has 0 aromatic carbocycles. The Bertz CT molecular complexity index is 597. The molecular weight excluding hydrogens is 340 g/mol. The van der Waals surface area contributed by atoms with E-state index in [1.165, 1.54) is 77.0 Å². The van der Waals surface area contributed by atoms with Crippen molar-refractivity contribution in [3.63, 3.8) is 0 Å². The minimum Gasteiger partial charge on any atom is -0.365 e. The second-order valence-corrected chi connectivity index (χ2v) is 12.8. The Balaban J connectivity index is 1.32. The Morgan fingerprint density at radius 1 is 0.857 bits per heavy atom. The van der Waals surface area contributed by atoms with Crippen molar-refractivity contribution in [3.8, 4) is 0 Å². The topological polar surface area (TPSA) is 12.5 Å². The van der Waals surface area contributed by atoms with Crippen LogP contribution in [0.1, 0.15) is 112 Å². The number of hydrogen-bond donors (Lipinski definition) is 0. The zero-order chi connectivity index (χ0) is 19.7. The second kappa shape index (κ2) is 6.73. The van der Waals surface area contributed by atoms with Crippen LogP contribution in [-0.4, -0.2) is 11.7 Å². The molecule has 0 bridgehead atoms. The van der Waals surface area contributed by atoms with Gasteiger partial charge in [0, 0.05) is 5.41 Å². The minimum absolute atomic E-state index is 0.322. The number of ether oxygens (including phenoxy) is 1. The van der Waals surface area contributed by atoms with Gasteiger partial charge < -0.3 is 4.74 Å². The van der Waals surface area contributed by atoms with E-state index in [2.05, 4.69) is 34.6 Å². The molecule has 1 aliphatic heterocycles. The third kappa shape index (κ3) is 2.66. The van der Waals surface area contributed by atoms with Crippen molar-refractivity contribution < 1.29 is 4.74 Å². The molecule has 1 saturated heterocycles. The van der Waals surface area contributed by atoms with Crippen LogP contribution in [0.3, 0.4) is 0 Å². The van der Waals surface area contributed by atoms with E-state index >= 15 is 0 Å². The van der Waals surface area contributed by atoms with E-state index in [4.69, 9.17) is 4.74 Å². The predicted molar refractivity (Wildman–Crippen MR) is 117 cm³/mol. The summed E-state index contributed by atoms with van der Waals surface area (Å²) in [5.74, 6) is 5.77. The molecule has 0 aromatic heterocycles. The molecule has 4 saturated carbocycles. The van der Waals surface area contributed by atoms with Gasteiger partial charge in [0.15, 0.2) is 0 Å². The average molecular weight is 387 g/mol. The fraction of sp³-hybridized carbons (Fsp3) is 1.00. The van der Waals surface area contributed by atoms with E-state index < -0.39 is 0 Å². The summed E-state index contributed by atoms with van der Waals surface area (Å²) < 4.78 is 6.48. The first-order valence-corrected chi connectivity index (χ1v) is 13.0. The van der Waals surface area contributed by atoms with Gasteiger partial charge >= 0.3 is 0 Å². The Morgan fingerprint density at radius 2 is 1.68 bits per heavy atom. The van der Waals surface area contributed by atoms with Crippen molar-refractivity contribution >= 4 is 0 Å². The van der Waals surface area contributed by atoms with E-state index in [1.54, 1.807) is 0 Å². The molecule has 0 aromatic rings. The van der Waals surface area contributed by atoms with Crippen LogP contribution in [0.25, 0.3) is 0 Å². The summed E-state index contributed by atoms with van der Waals surface area (Å²) in [4.78, 5) is 0. The lowest BCUT2D eigenvalue weighted by Crippen LogP contribution is -2.57. The Kier molecular flexibility index (Phi) is 4.78. The maximum atomic E-state index is 6.48. The fourth-order valence-electron chi connectivity index (χ4n) is 9.77. The second-order valence-electron chi connectivity index (χ2n) is 12.8. The normalized spacial score (nSPS) is 53.1. The summed E-state index contributed by atoms with van der Waals surface area (Å²) in [6, 6.07) is 0. The van der Waals surface area contributed by atoms with Crippen molar-refractivity contribution in [2.45, 2.75) is 123 Å². The molecule has 0 unspecified atom stereocenters. The smallest absolute Gasteiger partial charge is 0.100 e. The van der Waals surface area contributed by atoms with Gasteiger partial charge in [0.05, 0.1) is 6.10 Å². The molecule has 9 atom stereocenters. The van der Waals surface area contributed by atoms with Crippen LogP contribution in [-0.2, 0) is 4.74 Å². The van der Waals surface area contributed by atoms with E-state index in [-0.39, 0.29) is 0 Å². The third-order valence-electron chi connectivity index (χ3n) is 11.3. The van der Waals surface area contributed by atoms with Crippen LogP contribution >= 0.6 is 0 Å². The molecule has 0 radical (unpaired) electrons. The first-order valence-electron chi connectivity index (χ1n) is 13.0. The maximum absolute atomic E-state index is 6.48. The first kappa shape index (κ1) is 19.9. The molecule has 0 N–H and O–H groups in total. The predicted octanol–water partition coefficient (Wildman–Crippen LogP) is 7.63. The number of hydrogen-bond acceptors (Lipinski definition) is 1. The summed E-state index contributed by atoms with van der Waals surface area (Å²) in [7, 11) is 0. The summed E-state index contributed by atoms with van der Waals surface area (Å²) in [6.07, 6.45) is 18.1. The van der Waals surface area contributed by atoms with Crippen LogP contribution in [0.5, 0.6) is 0 Å². The van der Waals surface area contributed by atoms with Crippen LogP contribution < -0.4 is 0 Å². The van der Waals surface area contributed by atoms with Crippen molar-refractivity contribution in [1.82, 2.24) is 0 Å². The molecule has 5 aliphatic rings. The standard InChI is InChI=1S/C27H46O/c1-18(2)8-6-9-19(3)21-11-12-22-20-13-17-27-24(28-27)10-7-15-26(27,5)23(20)14-16-25(21,22)4/h18-24H,6-17H2,1-5H3/t19-,20-,21-,22+,23+,24+,25+,26+,27+/m0/s1. The van der Waals surface area contributed by atoms with E-state index in [0.29, 0.717) is 22.5 Å². The van der Waals surface area contributed by atoms with Gasteiger partial charge in [-0.15, -0.1) is 0 Å². The van der Waals surface area contributed by atoms with Crippen LogP contribution in [0, 0.1) is 46.3 Å². The number of fused-ring (bicyclic) bond motifs is 4. The lowest BCUT2D eigenvalue weighted by atomic mass is 9.44. The zero-order valence-corrected chi connectivity index (χ0v) is 19.4. The Hall–Kier alpha value is -0.0400. The van der Waals surface area contributed by atoms with Crippen molar-refractivity contribution in [3.05, 3.63) is 0 Å². The Morgan fingerprint density at radius 3 is 2.46 bits per heavy atom. The Labute approximate surface area is 174 Å². The van der Waals surface area contributed by atoms with Crippen LogP contribution in [0.4, 0.5) is 0 Å². The van der Waals surface area contributed by atoms with E-state index in [0.717, 1.165) is 35.5 Å². The molecule has 0 amide bonds. The molecule has 1 heterocycles. The van der Waals surface area contributed by atoms with Gasteiger partial charge in [-0.2, -0.15) is 0 Å². The number of rotatable bonds is 5. The van der Waals surface area contributed by atoms with Crippen molar-refractivity contribution in [1.29, 1.82) is 0 Å². The van der Waals surface area contributed by atoms with Gasteiger partial charge in [-0.05, 0) is 92.3 Å². The summed E-state index contributed by atoms with van der Waals surface area (Å²) >= 11 is 0. The van der Waals surface area contributed by atoms with Gasteiger partial charge in [0.25, 0.3) is 0 Å².